The van der Waals surface area contributed by atoms with Gasteiger partial charge in [-0.1, -0.05) is 11.6 Å². The van der Waals surface area contributed by atoms with Gasteiger partial charge in [-0.05, 0) is 18.2 Å². The summed E-state index contributed by atoms with van der Waals surface area (Å²) in [6.07, 6.45) is 3.39. The van der Waals surface area contributed by atoms with Gasteiger partial charge in [-0.2, -0.15) is 0 Å². The van der Waals surface area contributed by atoms with Crippen LogP contribution >= 0.6 is 22.9 Å². The van der Waals surface area contributed by atoms with Crippen molar-refractivity contribution in [1.29, 1.82) is 0 Å². The van der Waals surface area contributed by atoms with E-state index in [0.29, 0.717) is 5.69 Å². The van der Waals surface area contributed by atoms with E-state index in [1.807, 2.05) is 10.2 Å². The first-order chi connectivity index (χ1) is 11.3. The molecule has 1 aromatic carbocycles. The van der Waals surface area contributed by atoms with Gasteiger partial charge in [0.2, 0.25) is 5.91 Å². The summed E-state index contributed by atoms with van der Waals surface area (Å²) in [6.45, 7) is 0. The van der Waals surface area contributed by atoms with Gasteiger partial charge >= 0.3 is 0 Å². The standard InChI is InChI=1S/C13H10ClFN4O3S2/c14-10-6-9(1-2-11(10)15)24(21,22)18-17-12(20)5-8-7-19-3-4-23-13(19)16-8/h1-4,6-7,18H,5H2,(H,17,20). The molecule has 0 spiro atoms. The number of thiazole rings is 1. The molecule has 0 fully saturated rings. The molecule has 2 aromatic heterocycles. The molecule has 24 heavy (non-hydrogen) atoms. The van der Waals surface area contributed by atoms with Crippen LogP contribution in [0.2, 0.25) is 5.02 Å². The Hall–Kier alpha value is -2.01. The zero-order valence-corrected chi connectivity index (χ0v) is 14.3. The lowest BCUT2D eigenvalue weighted by Crippen LogP contribution is -2.42. The van der Waals surface area contributed by atoms with E-state index in [-0.39, 0.29) is 16.3 Å². The van der Waals surface area contributed by atoms with E-state index < -0.39 is 21.7 Å². The molecule has 0 aliphatic heterocycles. The normalized spacial score (nSPS) is 11.8. The molecule has 0 bridgehead atoms. The molecule has 0 aliphatic carbocycles. The maximum absolute atomic E-state index is 13.1. The number of nitrogens with one attached hydrogen (secondary N) is 2. The van der Waals surface area contributed by atoms with E-state index in [0.717, 1.165) is 23.2 Å². The van der Waals surface area contributed by atoms with E-state index >= 15 is 0 Å². The summed E-state index contributed by atoms with van der Waals surface area (Å²) < 4.78 is 38.9. The van der Waals surface area contributed by atoms with Crippen molar-refractivity contribution in [1.82, 2.24) is 19.6 Å². The molecular weight excluding hydrogens is 379 g/mol. The van der Waals surface area contributed by atoms with Crippen LogP contribution in [0.15, 0.2) is 40.9 Å². The van der Waals surface area contributed by atoms with Crippen LogP contribution in [0.5, 0.6) is 0 Å². The second-order valence-electron chi connectivity index (χ2n) is 4.73. The lowest BCUT2D eigenvalue weighted by molar-refractivity contribution is -0.120. The molecular formula is C13H10ClFN4O3S2. The van der Waals surface area contributed by atoms with Crippen LogP contribution in [0.25, 0.3) is 4.96 Å². The first-order valence-corrected chi connectivity index (χ1v) is 9.26. The minimum absolute atomic E-state index is 0.0961. The average molecular weight is 389 g/mol. The van der Waals surface area contributed by atoms with Crippen LogP contribution < -0.4 is 10.3 Å². The highest BCUT2D eigenvalue weighted by atomic mass is 35.5. The number of hydrogen-bond donors (Lipinski definition) is 2. The molecule has 2 heterocycles. The number of imidazole rings is 1. The van der Waals surface area contributed by atoms with Gasteiger partial charge in [-0.3, -0.25) is 14.6 Å². The van der Waals surface area contributed by atoms with Crippen molar-refractivity contribution >= 4 is 43.8 Å². The number of hydrazine groups is 1. The van der Waals surface area contributed by atoms with E-state index in [1.165, 1.54) is 11.3 Å². The van der Waals surface area contributed by atoms with Crippen molar-refractivity contribution in [2.75, 3.05) is 0 Å². The van der Waals surface area contributed by atoms with Gasteiger partial charge in [-0.15, -0.1) is 16.2 Å². The number of sulfonamides is 1. The highest BCUT2D eigenvalue weighted by molar-refractivity contribution is 7.89. The number of benzene rings is 1. The summed E-state index contributed by atoms with van der Waals surface area (Å²) in [7, 11) is -4.06. The third-order valence-electron chi connectivity index (χ3n) is 3.01. The van der Waals surface area contributed by atoms with E-state index in [1.54, 1.807) is 16.8 Å². The summed E-state index contributed by atoms with van der Waals surface area (Å²) in [4.78, 5) is 18.5. The fraction of sp³-hybridized carbons (Fsp3) is 0.0769. The van der Waals surface area contributed by atoms with E-state index in [2.05, 4.69) is 10.4 Å². The van der Waals surface area contributed by atoms with E-state index in [9.17, 15) is 17.6 Å². The number of rotatable bonds is 5. The third-order valence-corrected chi connectivity index (χ3v) is 5.32. The predicted octanol–water partition coefficient (Wildman–Crippen LogP) is 1.74. The number of amides is 1. The number of aromatic nitrogens is 2. The second-order valence-corrected chi connectivity index (χ2v) is 7.69. The van der Waals surface area contributed by atoms with Crippen LogP contribution in [-0.4, -0.2) is 23.7 Å². The van der Waals surface area contributed by atoms with Crippen LogP contribution in [0, 0.1) is 5.82 Å². The summed E-state index contributed by atoms with van der Waals surface area (Å²) in [6, 6.07) is 2.92. The molecule has 3 aromatic rings. The quantitative estimate of drug-likeness (QED) is 0.651. The van der Waals surface area contributed by atoms with Gasteiger partial charge < -0.3 is 0 Å². The molecule has 2 N–H and O–H groups in total. The zero-order valence-electron chi connectivity index (χ0n) is 11.9. The summed E-state index contributed by atoms with van der Waals surface area (Å²) >= 11 is 6.97. The van der Waals surface area contributed by atoms with E-state index in [4.69, 9.17) is 11.6 Å². The largest absolute Gasteiger partial charge is 0.297 e. The van der Waals surface area contributed by atoms with Crippen molar-refractivity contribution in [3.63, 3.8) is 0 Å². The minimum atomic E-state index is -4.06. The first kappa shape index (κ1) is 16.8. The molecule has 0 saturated carbocycles. The van der Waals surface area contributed by atoms with Gasteiger partial charge in [0.15, 0.2) is 4.96 Å². The van der Waals surface area contributed by atoms with Crippen molar-refractivity contribution in [3.05, 3.63) is 52.5 Å². The third kappa shape index (κ3) is 3.56. The smallest absolute Gasteiger partial charge is 0.257 e. The number of fused-ring (bicyclic) bond motifs is 1. The van der Waals surface area contributed by atoms with Crippen molar-refractivity contribution in [2.24, 2.45) is 0 Å². The molecule has 11 heteroatoms. The summed E-state index contributed by atoms with van der Waals surface area (Å²) in [5, 5.41) is 1.52. The fourth-order valence-corrected chi connectivity index (χ4v) is 3.75. The molecule has 3 rings (SSSR count). The van der Waals surface area contributed by atoms with Gasteiger partial charge in [0.1, 0.15) is 5.82 Å². The van der Waals surface area contributed by atoms with Gasteiger partial charge in [0, 0.05) is 17.8 Å². The van der Waals surface area contributed by atoms with Gasteiger partial charge in [0.05, 0.1) is 22.0 Å². The molecule has 0 aliphatic rings. The maximum atomic E-state index is 13.1. The Bertz CT molecular complexity index is 987. The Morgan fingerprint density at radius 1 is 1.42 bits per heavy atom. The van der Waals surface area contributed by atoms with Crippen LogP contribution in [0.4, 0.5) is 4.39 Å². The second kappa shape index (κ2) is 6.48. The Labute approximate surface area is 145 Å². The lowest BCUT2D eigenvalue weighted by atomic mass is 10.3. The van der Waals surface area contributed by atoms with Crippen molar-refractivity contribution < 1.29 is 17.6 Å². The SMILES string of the molecule is O=C(Cc1cn2ccsc2n1)NNS(=O)(=O)c1ccc(F)c(Cl)c1. The number of halogens is 2. The molecule has 0 radical (unpaired) electrons. The van der Waals surface area contributed by atoms with Gasteiger partial charge in [-0.25, -0.2) is 17.8 Å². The fourth-order valence-electron chi connectivity index (χ4n) is 1.90. The number of hydrogen-bond acceptors (Lipinski definition) is 5. The topological polar surface area (TPSA) is 92.6 Å². The summed E-state index contributed by atoms with van der Waals surface area (Å²) in [5.41, 5.74) is 2.58. The first-order valence-electron chi connectivity index (χ1n) is 6.52. The molecule has 126 valence electrons. The zero-order chi connectivity index (χ0) is 17.3. The Morgan fingerprint density at radius 3 is 2.92 bits per heavy atom. The highest BCUT2D eigenvalue weighted by Gasteiger charge is 2.17. The number of nitrogens with zero attached hydrogens (tertiary/aromatic N) is 2. The molecule has 0 atom stereocenters. The molecule has 7 nitrogen and oxygen atoms in total. The average Bonchev–Trinajstić information content (AvgIpc) is 3.09. The number of carbonyl (C=O) groups excluding carboxylic acids is 1. The Balaban J connectivity index is 1.64. The van der Waals surface area contributed by atoms with Crippen LogP contribution in [0.1, 0.15) is 5.69 Å². The predicted molar refractivity (Wildman–Crippen MR) is 86.6 cm³/mol. The molecule has 0 unspecified atom stereocenters. The van der Waals surface area contributed by atoms with Crippen molar-refractivity contribution in [3.8, 4) is 0 Å². The molecule has 0 saturated heterocycles. The Morgan fingerprint density at radius 2 is 2.21 bits per heavy atom. The number of carbonyl (C=O) groups is 1. The monoisotopic (exact) mass is 388 g/mol. The van der Waals surface area contributed by atoms with Crippen molar-refractivity contribution in [2.45, 2.75) is 11.3 Å². The van der Waals surface area contributed by atoms with Crippen LogP contribution in [0.3, 0.4) is 0 Å². The van der Waals surface area contributed by atoms with Gasteiger partial charge in [0.25, 0.3) is 10.0 Å². The highest BCUT2D eigenvalue weighted by Crippen LogP contribution is 2.19. The Kier molecular flexibility index (Phi) is 4.54. The lowest BCUT2D eigenvalue weighted by Gasteiger charge is -2.08. The van der Waals surface area contributed by atoms with Crippen LogP contribution in [-0.2, 0) is 21.2 Å². The maximum Gasteiger partial charge on any atom is 0.257 e. The molecule has 1 amide bonds. The summed E-state index contributed by atoms with van der Waals surface area (Å²) in [5.74, 6) is -1.32. The minimum Gasteiger partial charge on any atom is -0.297 e.